The number of carbonyl (C=O) groups is 1. The number of hydrogen-bond acceptors (Lipinski definition) is 4. The normalized spacial score (nSPS) is 12.7. The number of carbonyl (C=O) groups excluding carboxylic acids is 1. The summed E-state index contributed by atoms with van der Waals surface area (Å²) in [6, 6.07) is 3.44. The zero-order chi connectivity index (χ0) is 15.8. The van der Waals surface area contributed by atoms with Crippen molar-refractivity contribution in [1.29, 1.82) is 0 Å². The summed E-state index contributed by atoms with van der Waals surface area (Å²) in [7, 11) is 4.00. The van der Waals surface area contributed by atoms with Crippen molar-refractivity contribution in [3.8, 4) is 0 Å². The highest BCUT2D eigenvalue weighted by molar-refractivity contribution is 5.81. The third kappa shape index (κ3) is 6.69. The second kappa shape index (κ2) is 8.74. The summed E-state index contributed by atoms with van der Waals surface area (Å²) >= 11 is 0. The molecule has 1 atom stereocenters. The molecule has 5 nitrogen and oxygen atoms in total. The van der Waals surface area contributed by atoms with Crippen LogP contribution in [0.4, 0.5) is 0 Å². The van der Waals surface area contributed by atoms with Crippen molar-refractivity contribution in [2.24, 2.45) is 11.7 Å². The predicted molar refractivity (Wildman–Crippen MR) is 85.6 cm³/mol. The maximum Gasteiger partial charge on any atom is 0.239 e. The van der Waals surface area contributed by atoms with Gasteiger partial charge in [0.2, 0.25) is 5.91 Å². The Kier molecular flexibility index (Phi) is 7.32. The van der Waals surface area contributed by atoms with Crippen LogP contribution in [0.25, 0.3) is 0 Å². The largest absolute Gasteiger partial charge is 0.336 e. The van der Waals surface area contributed by atoms with E-state index < -0.39 is 6.04 Å². The highest BCUT2D eigenvalue weighted by Gasteiger charge is 2.22. The summed E-state index contributed by atoms with van der Waals surface area (Å²) in [6.45, 7) is 6.22. The quantitative estimate of drug-likeness (QED) is 0.785. The Labute approximate surface area is 128 Å². The number of hydrogen-bond donors (Lipinski definition) is 1. The van der Waals surface area contributed by atoms with Crippen molar-refractivity contribution in [1.82, 2.24) is 14.8 Å². The van der Waals surface area contributed by atoms with Crippen LogP contribution in [0.1, 0.15) is 25.8 Å². The summed E-state index contributed by atoms with van der Waals surface area (Å²) < 4.78 is 0. The SMILES string of the molecule is CC(C)CC(N)C(=O)N(CCN(C)C)Cc1cccnc1. The van der Waals surface area contributed by atoms with Crippen LogP contribution < -0.4 is 5.73 Å². The van der Waals surface area contributed by atoms with E-state index in [4.69, 9.17) is 5.73 Å². The number of rotatable bonds is 8. The lowest BCUT2D eigenvalue weighted by atomic mass is 10.0. The Hall–Kier alpha value is -1.46. The van der Waals surface area contributed by atoms with E-state index in [0.717, 1.165) is 12.1 Å². The summed E-state index contributed by atoms with van der Waals surface area (Å²) in [5, 5.41) is 0. The molecule has 0 aliphatic heterocycles. The van der Waals surface area contributed by atoms with Crippen molar-refractivity contribution >= 4 is 5.91 Å². The average Bonchev–Trinajstić information content (AvgIpc) is 2.42. The lowest BCUT2D eigenvalue weighted by Gasteiger charge is -2.27. The first-order valence-corrected chi connectivity index (χ1v) is 7.48. The van der Waals surface area contributed by atoms with Crippen LogP contribution in [0.3, 0.4) is 0 Å². The molecule has 1 aromatic heterocycles. The van der Waals surface area contributed by atoms with Crippen LogP contribution in [-0.2, 0) is 11.3 Å². The molecule has 1 aromatic rings. The zero-order valence-electron chi connectivity index (χ0n) is 13.6. The third-order valence-electron chi connectivity index (χ3n) is 3.27. The molecule has 0 aromatic carbocycles. The smallest absolute Gasteiger partial charge is 0.239 e. The highest BCUT2D eigenvalue weighted by Crippen LogP contribution is 2.09. The van der Waals surface area contributed by atoms with Crippen LogP contribution in [0.5, 0.6) is 0 Å². The number of pyridine rings is 1. The van der Waals surface area contributed by atoms with Crippen LogP contribution >= 0.6 is 0 Å². The van der Waals surface area contributed by atoms with E-state index in [1.54, 1.807) is 12.4 Å². The minimum Gasteiger partial charge on any atom is -0.336 e. The van der Waals surface area contributed by atoms with Crippen molar-refractivity contribution in [2.75, 3.05) is 27.2 Å². The molecule has 0 fully saturated rings. The van der Waals surface area contributed by atoms with Gasteiger partial charge in [-0.15, -0.1) is 0 Å². The molecule has 0 aliphatic rings. The molecule has 0 aliphatic carbocycles. The lowest BCUT2D eigenvalue weighted by Crippen LogP contribution is -2.46. The monoisotopic (exact) mass is 292 g/mol. The number of nitrogens with zero attached hydrogens (tertiary/aromatic N) is 3. The van der Waals surface area contributed by atoms with Crippen molar-refractivity contribution in [2.45, 2.75) is 32.9 Å². The van der Waals surface area contributed by atoms with Gasteiger partial charge in [0.05, 0.1) is 6.04 Å². The van der Waals surface area contributed by atoms with E-state index >= 15 is 0 Å². The molecule has 1 rings (SSSR count). The van der Waals surface area contributed by atoms with Gasteiger partial charge in [0.15, 0.2) is 0 Å². The third-order valence-corrected chi connectivity index (χ3v) is 3.27. The van der Waals surface area contributed by atoms with Gasteiger partial charge in [0.25, 0.3) is 0 Å². The maximum absolute atomic E-state index is 12.6. The second-order valence-electron chi connectivity index (χ2n) is 6.16. The minimum absolute atomic E-state index is 0.0226. The Morgan fingerprint density at radius 1 is 1.33 bits per heavy atom. The number of nitrogens with two attached hydrogens (primary N) is 1. The maximum atomic E-state index is 12.6. The summed E-state index contributed by atoms with van der Waals surface area (Å²) in [5.74, 6) is 0.437. The minimum atomic E-state index is -0.427. The molecule has 2 N–H and O–H groups in total. The molecule has 1 unspecified atom stereocenters. The van der Waals surface area contributed by atoms with Gasteiger partial charge in [-0.1, -0.05) is 19.9 Å². The average molecular weight is 292 g/mol. The van der Waals surface area contributed by atoms with Crippen LogP contribution in [0.2, 0.25) is 0 Å². The van der Waals surface area contributed by atoms with Gasteiger partial charge in [0, 0.05) is 32.0 Å². The first-order valence-electron chi connectivity index (χ1n) is 7.48. The van der Waals surface area contributed by atoms with E-state index in [-0.39, 0.29) is 5.91 Å². The van der Waals surface area contributed by atoms with Gasteiger partial charge in [-0.25, -0.2) is 0 Å². The molecule has 0 saturated heterocycles. The molecular weight excluding hydrogens is 264 g/mol. The summed E-state index contributed by atoms with van der Waals surface area (Å²) in [6.07, 6.45) is 4.24. The van der Waals surface area contributed by atoms with Crippen LogP contribution in [0.15, 0.2) is 24.5 Å². The molecule has 1 amide bonds. The van der Waals surface area contributed by atoms with E-state index in [9.17, 15) is 4.79 Å². The van der Waals surface area contributed by atoms with Gasteiger partial charge >= 0.3 is 0 Å². The first kappa shape index (κ1) is 17.6. The first-order chi connectivity index (χ1) is 9.90. The van der Waals surface area contributed by atoms with Crippen molar-refractivity contribution in [3.63, 3.8) is 0 Å². The fourth-order valence-corrected chi connectivity index (χ4v) is 2.14. The molecular formula is C16H28N4O. The highest BCUT2D eigenvalue weighted by atomic mass is 16.2. The van der Waals surface area contributed by atoms with Crippen molar-refractivity contribution in [3.05, 3.63) is 30.1 Å². The molecule has 0 spiro atoms. The zero-order valence-corrected chi connectivity index (χ0v) is 13.6. The summed E-state index contributed by atoms with van der Waals surface area (Å²) in [5.41, 5.74) is 7.09. The number of aromatic nitrogens is 1. The molecule has 0 radical (unpaired) electrons. The fraction of sp³-hybridized carbons (Fsp3) is 0.625. The fourth-order valence-electron chi connectivity index (χ4n) is 2.14. The molecule has 21 heavy (non-hydrogen) atoms. The van der Waals surface area contributed by atoms with Gasteiger partial charge in [-0.3, -0.25) is 9.78 Å². The molecule has 0 saturated carbocycles. The van der Waals surface area contributed by atoms with Crippen LogP contribution in [-0.4, -0.2) is 53.9 Å². The number of likely N-dealkylation sites (N-methyl/N-ethyl adjacent to an activating group) is 1. The van der Waals surface area contributed by atoms with Crippen molar-refractivity contribution < 1.29 is 4.79 Å². The van der Waals surface area contributed by atoms with E-state index in [2.05, 4.69) is 23.7 Å². The second-order valence-corrected chi connectivity index (χ2v) is 6.16. The molecule has 0 bridgehead atoms. The standard InChI is InChI=1S/C16H28N4O/c1-13(2)10-15(17)16(21)20(9-8-19(3)4)12-14-6-5-7-18-11-14/h5-7,11,13,15H,8-10,12,17H2,1-4H3. The van der Waals surface area contributed by atoms with Crippen LogP contribution in [0, 0.1) is 5.92 Å². The molecule has 5 heteroatoms. The Morgan fingerprint density at radius 3 is 2.57 bits per heavy atom. The van der Waals surface area contributed by atoms with Gasteiger partial charge < -0.3 is 15.5 Å². The Bertz CT molecular complexity index is 420. The van der Waals surface area contributed by atoms with E-state index in [0.29, 0.717) is 25.4 Å². The Morgan fingerprint density at radius 2 is 2.05 bits per heavy atom. The van der Waals surface area contributed by atoms with Gasteiger partial charge in [-0.05, 0) is 38.1 Å². The van der Waals surface area contributed by atoms with E-state index in [1.165, 1.54) is 0 Å². The summed E-state index contributed by atoms with van der Waals surface area (Å²) in [4.78, 5) is 20.6. The van der Waals surface area contributed by atoms with E-state index in [1.807, 2.05) is 31.1 Å². The molecule has 118 valence electrons. The topological polar surface area (TPSA) is 62.5 Å². The predicted octanol–water partition coefficient (Wildman–Crippen LogP) is 1.35. The van der Waals surface area contributed by atoms with Gasteiger partial charge in [0.1, 0.15) is 0 Å². The lowest BCUT2D eigenvalue weighted by molar-refractivity contribution is -0.133. The molecule has 1 heterocycles. The Balaban J connectivity index is 2.73. The number of amides is 1. The van der Waals surface area contributed by atoms with Gasteiger partial charge in [-0.2, -0.15) is 0 Å².